The number of fused-ring (bicyclic) bond motifs is 4. The van der Waals surface area contributed by atoms with Crippen LogP contribution in [0.25, 0.3) is 33.4 Å². The number of nitrogens with zero attached hydrogens (tertiary/aromatic N) is 6. The van der Waals surface area contributed by atoms with E-state index >= 15 is 4.79 Å². The summed E-state index contributed by atoms with van der Waals surface area (Å²) in [5.41, 5.74) is 5.69. The van der Waals surface area contributed by atoms with E-state index in [0.717, 1.165) is 64.8 Å². The van der Waals surface area contributed by atoms with Gasteiger partial charge in [0.25, 0.3) is 5.91 Å². The first-order valence-corrected chi connectivity index (χ1v) is 29.3. The average molecular weight is 1130 g/mol. The van der Waals surface area contributed by atoms with Gasteiger partial charge in [0.05, 0.1) is 86.5 Å². The number of aromatic nitrogens is 3. The number of rotatable bonds is 13. The molecule has 8 bridgehead atoms. The molecular weight excluding hydrogens is 1060 g/mol. The van der Waals surface area contributed by atoms with Gasteiger partial charge in [-0.25, -0.2) is 14.8 Å². The first-order valence-electron chi connectivity index (χ1n) is 28.0. The molecular formula is C58H74F3N7O9SSi+. The van der Waals surface area contributed by atoms with Crippen LogP contribution in [0.3, 0.4) is 0 Å². The zero-order valence-corrected chi connectivity index (χ0v) is 48.2. The van der Waals surface area contributed by atoms with Crippen LogP contribution in [-0.4, -0.2) is 173 Å². The standard InChI is InChI=1S/C58H74F3N7O9SSi/c1-34-31-76-52(34)53(69)64-49-42(9-8-16-58(59,60)61)54-63-46(32-78-54)38-12-13-47-43(28-38)45(29-57(4,5)33-77-56(71)51-39-26-40(27-39)67(55(49)70)68(51,6)79)50(66(47)19-24-75-41-14-20-73-21-15-41)44-25-37(30-62-48(44)36(3)72-7)11-10-35(2)65-17-22-74-23-18-65/h12-13,25,28,30,32,34-36,39-42,49,51-52H,8-9,14-24,26-27,29,31,33H2,1-7H3,(H,64,69)/q+1/t34-,35+,36-,39?,40?,42-,49-,51-,52-,68?/m0/s1. The van der Waals surface area contributed by atoms with Crippen molar-refractivity contribution in [1.29, 1.82) is 0 Å². The number of benzene rings is 1. The summed E-state index contributed by atoms with van der Waals surface area (Å²) in [6.07, 6.45) is -2.37. The Hall–Kier alpha value is -4.76. The minimum atomic E-state index is -4.46. The van der Waals surface area contributed by atoms with Gasteiger partial charge >= 0.3 is 22.5 Å². The lowest BCUT2D eigenvalue weighted by molar-refractivity contribution is -0.945. The minimum Gasteiger partial charge on any atom is -0.461 e. The summed E-state index contributed by atoms with van der Waals surface area (Å²) in [5, 5.41) is 7.74. The van der Waals surface area contributed by atoms with Crippen LogP contribution in [0.5, 0.6) is 0 Å². The lowest BCUT2D eigenvalue weighted by Crippen LogP contribution is -2.80. The molecule has 11 rings (SSSR count). The van der Waals surface area contributed by atoms with Gasteiger partial charge in [-0.1, -0.05) is 38.7 Å². The van der Waals surface area contributed by atoms with Crippen molar-refractivity contribution in [3.05, 3.63) is 57.7 Å². The Morgan fingerprint density at radius 2 is 1.84 bits per heavy atom. The highest BCUT2D eigenvalue weighted by Crippen LogP contribution is 2.48. The van der Waals surface area contributed by atoms with Gasteiger partial charge in [-0.2, -0.15) is 13.2 Å². The van der Waals surface area contributed by atoms with Gasteiger partial charge in [0.15, 0.2) is 6.04 Å². The van der Waals surface area contributed by atoms with Gasteiger partial charge in [-0.05, 0) is 82.6 Å². The Labute approximate surface area is 468 Å². The van der Waals surface area contributed by atoms with Gasteiger partial charge < -0.3 is 38.3 Å². The number of ether oxygens (including phenoxy) is 6. The number of cyclic esters (lactones) is 1. The molecule has 3 radical (unpaired) electrons. The number of esters is 1. The summed E-state index contributed by atoms with van der Waals surface area (Å²) in [6.45, 7) is 15.5. The van der Waals surface area contributed by atoms with E-state index in [9.17, 15) is 22.8 Å². The van der Waals surface area contributed by atoms with E-state index in [1.54, 1.807) is 25.4 Å². The number of carbonyl (C=O) groups is 3. The smallest absolute Gasteiger partial charge is 0.461 e. The van der Waals surface area contributed by atoms with Gasteiger partial charge in [-0.15, -0.1) is 11.3 Å². The third-order valence-electron chi connectivity index (χ3n) is 17.0. The van der Waals surface area contributed by atoms with Crippen molar-refractivity contribution in [3.63, 3.8) is 0 Å². The van der Waals surface area contributed by atoms with Crippen molar-refractivity contribution in [3.8, 4) is 34.4 Å². The number of morpholine rings is 1. The molecule has 5 saturated heterocycles. The molecule has 1 saturated carbocycles. The molecule has 7 aliphatic rings. The van der Waals surface area contributed by atoms with Crippen LogP contribution in [0, 0.1) is 29.1 Å². The molecule has 6 aliphatic heterocycles. The van der Waals surface area contributed by atoms with Crippen molar-refractivity contribution in [2.45, 2.75) is 147 Å². The topological polar surface area (TPSA) is 156 Å². The number of quaternary nitrogens is 1. The molecule has 1 N–H and O–H groups in total. The molecule has 79 heavy (non-hydrogen) atoms. The quantitative estimate of drug-likeness (QED) is 0.0793. The second-order valence-electron chi connectivity index (χ2n) is 23.4. The number of thiazole rings is 1. The highest BCUT2D eigenvalue weighted by molar-refractivity contribution is 7.10. The number of nitrogens with one attached hydrogen (secondary N) is 1. The minimum absolute atomic E-state index is 0.0222. The normalized spacial score (nSPS) is 28.4. The predicted octanol–water partition coefficient (Wildman–Crippen LogP) is 7.70. The number of hydrogen-bond acceptors (Lipinski definition) is 13. The fourth-order valence-electron chi connectivity index (χ4n) is 12.5. The van der Waals surface area contributed by atoms with E-state index in [0.29, 0.717) is 81.8 Å². The first-order chi connectivity index (χ1) is 37.7. The van der Waals surface area contributed by atoms with E-state index < -0.39 is 66.0 Å². The maximum absolute atomic E-state index is 15.5. The third kappa shape index (κ3) is 12.2. The highest BCUT2D eigenvalue weighted by Gasteiger charge is 2.63. The molecule has 425 valence electrons. The van der Waals surface area contributed by atoms with Crippen LogP contribution in [0.4, 0.5) is 13.2 Å². The second-order valence-corrected chi connectivity index (χ2v) is 25.2. The molecule has 16 nitrogen and oxygen atoms in total. The lowest BCUT2D eigenvalue weighted by Gasteiger charge is -2.61. The van der Waals surface area contributed by atoms with Crippen LogP contribution < -0.4 is 5.32 Å². The van der Waals surface area contributed by atoms with Crippen molar-refractivity contribution in [2.24, 2.45) is 17.3 Å². The van der Waals surface area contributed by atoms with Crippen molar-refractivity contribution < 1.29 is 60.2 Å². The molecule has 1 unspecified atom stereocenters. The van der Waals surface area contributed by atoms with Crippen molar-refractivity contribution in [2.75, 3.05) is 73.5 Å². The number of pyridine rings is 1. The van der Waals surface area contributed by atoms with Crippen molar-refractivity contribution in [1.82, 2.24) is 29.8 Å². The highest BCUT2D eigenvalue weighted by atomic mass is 32.1. The first kappa shape index (κ1) is 57.5. The number of halogens is 3. The third-order valence-corrected chi connectivity index (χ3v) is 18.5. The van der Waals surface area contributed by atoms with Crippen LogP contribution >= 0.6 is 11.3 Å². The summed E-state index contributed by atoms with van der Waals surface area (Å²) in [5.74, 6) is 4.13. The summed E-state index contributed by atoms with van der Waals surface area (Å²) in [4.78, 5) is 57.1. The van der Waals surface area contributed by atoms with E-state index in [-0.39, 0.29) is 53.7 Å². The maximum atomic E-state index is 15.5. The van der Waals surface area contributed by atoms with Crippen LogP contribution in [0.1, 0.15) is 113 Å². The molecule has 8 atom stereocenters. The maximum Gasteiger partial charge on any atom is 0.479 e. The Morgan fingerprint density at radius 3 is 2.53 bits per heavy atom. The predicted molar refractivity (Wildman–Crippen MR) is 291 cm³/mol. The van der Waals surface area contributed by atoms with Crippen LogP contribution in [0.15, 0.2) is 35.8 Å². The molecule has 4 aromatic rings. The van der Waals surface area contributed by atoms with Gasteiger partial charge in [0.2, 0.25) is 5.91 Å². The zero-order chi connectivity index (χ0) is 56.0. The summed E-state index contributed by atoms with van der Waals surface area (Å²) in [7, 11) is 7.29. The molecule has 6 fully saturated rings. The van der Waals surface area contributed by atoms with E-state index in [1.807, 2.05) is 25.3 Å². The fraction of sp³-hybridized carbons (Fsp3) is 0.638. The Bertz CT molecular complexity index is 2940. The average Bonchev–Trinajstić information content (AvgIpc) is 3.99. The van der Waals surface area contributed by atoms with Gasteiger partial charge in [-0.3, -0.25) is 23.7 Å². The Kier molecular flexibility index (Phi) is 17.2. The summed E-state index contributed by atoms with van der Waals surface area (Å²) >= 11 is 1.25. The Morgan fingerprint density at radius 1 is 1.09 bits per heavy atom. The molecule has 1 aliphatic carbocycles. The molecule has 0 spiro atoms. The largest absolute Gasteiger partial charge is 0.479 e. The molecule has 3 aromatic heterocycles. The monoisotopic (exact) mass is 1130 g/mol. The van der Waals surface area contributed by atoms with Crippen molar-refractivity contribution >= 4 is 50.4 Å². The van der Waals surface area contributed by atoms with Gasteiger partial charge in [0.1, 0.15) is 12.1 Å². The number of likely N-dealkylation sites (N-methyl/N-ethyl adjacent to an activating group) is 1. The second kappa shape index (κ2) is 23.6. The van der Waals surface area contributed by atoms with Crippen LogP contribution in [-0.2, 0) is 55.8 Å². The molecule has 1 aromatic carbocycles. The zero-order valence-electron chi connectivity index (χ0n) is 46.4. The summed E-state index contributed by atoms with van der Waals surface area (Å²) in [6, 6.07) is 5.71. The molecule has 9 heterocycles. The summed E-state index contributed by atoms with van der Waals surface area (Å²) < 4.78 is 80.0. The number of amides is 2. The number of carbonyl (C=O) groups excluding carboxylic acids is 3. The van der Waals surface area contributed by atoms with E-state index in [2.05, 4.69) is 76.0 Å². The van der Waals surface area contributed by atoms with E-state index in [4.69, 9.17) is 38.4 Å². The number of alkyl halides is 3. The number of methoxy groups -OCH3 is 1. The SMILES string of the molecule is CO[C@@H](C)c1ncc(C#C[C@@H](C)N2CCOCC2)cc1-c1c2c3cc(ccc3n1CCOC1CCOCC1)-c1csc(n1)[C@@H](CCCC(F)(F)F)[C@H](NC(=O)[C@H]1OC[C@@H]1C)C(=O)N1C3CC(C3)[C@@H](C(=O)OCC(C)(C)C2)[N+]1(C)[Si]. The van der Waals surface area contributed by atoms with Crippen LogP contribution in [0.2, 0.25) is 0 Å². The Balaban J connectivity index is 1.15. The molecule has 2 amide bonds. The van der Waals surface area contributed by atoms with E-state index in [1.165, 1.54) is 11.3 Å². The van der Waals surface area contributed by atoms with Gasteiger partial charge in [0, 0.05) is 109 Å². The molecule has 21 heteroatoms. The number of hydrogen-bond donors (Lipinski definition) is 1. The lowest BCUT2D eigenvalue weighted by atomic mass is 9.72. The fourth-order valence-corrected chi connectivity index (χ4v) is 14.1.